The summed E-state index contributed by atoms with van der Waals surface area (Å²) in [6.45, 7) is 0. The van der Waals surface area contributed by atoms with Crippen molar-refractivity contribution < 1.29 is 19.1 Å². The van der Waals surface area contributed by atoms with Crippen LogP contribution >= 0.6 is 22.9 Å². The summed E-state index contributed by atoms with van der Waals surface area (Å²) >= 11 is 7.67. The van der Waals surface area contributed by atoms with Gasteiger partial charge in [0, 0.05) is 16.3 Å². The number of halogens is 1. The number of methoxy groups -OCH3 is 1. The number of carbonyl (C=O) groups is 2. The lowest BCUT2D eigenvalue weighted by Crippen LogP contribution is -2.07. The van der Waals surface area contributed by atoms with Gasteiger partial charge in [-0.3, -0.25) is 4.99 Å². The molecular formula is C24H16ClNO4S. The maximum absolute atomic E-state index is 12.7. The summed E-state index contributed by atoms with van der Waals surface area (Å²) in [5.74, 6) is -0.553. The summed E-state index contributed by atoms with van der Waals surface area (Å²) < 4.78 is 11.2. The molecular weight excluding hydrogens is 434 g/mol. The van der Waals surface area contributed by atoms with E-state index in [1.807, 2.05) is 30.3 Å². The van der Waals surface area contributed by atoms with Crippen LogP contribution in [0.4, 0.5) is 5.69 Å². The van der Waals surface area contributed by atoms with Gasteiger partial charge in [-0.15, -0.1) is 11.3 Å². The summed E-state index contributed by atoms with van der Waals surface area (Å²) in [6.07, 6.45) is 1.63. The van der Waals surface area contributed by atoms with Crippen molar-refractivity contribution in [3.05, 3.63) is 93.8 Å². The zero-order chi connectivity index (χ0) is 21.8. The fourth-order valence-electron chi connectivity index (χ4n) is 2.94. The normalized spacial score (nSPS) is 11.0. The van der Waals surface area contributed by atoms with Gasteiger partial charge in [-0.2, -0.15) is 0 Å². The first-order chi connectivity index (χ1) is 15.0. The van der Waals surface area contributed by atoms with Gasteiger partial charge in [0.25, 0.3) is 0 Å². The van der Waals surface area contributed by atoms with Crippen molar-refractivity contribution in [3.8, 4) is 5.75 Å². The van der Waals surface area contributed by atoms with Crippen LogP contribution in [0.2, 0.25) is 5.02 Å². The number of fused-ring (bicyclic) bond motifs is 1. The highest BCUT2D eigenvalue weighted by Gasteiger charge is 2.19. The van der Waals surface area contributed by atoms with E-state index < -0.39 is 11.9 Å². The lowest BCUT2D eigenvalue weighted by molar-refractivity contribution is 0.0600. The molecule has 0 amide bonds. The van der Waals surface area contributed by atoms with Gasteiger partial charge in [-0.25, -0.2) is 9.59 Å². The van der Waals surface area contributed by atoms with Gasteiger partial charge in [-0.1, -0.05) is 48.0 Å². The van der Waals surface area contributed by atoms with E-state index in [1.165, 1.54) is 18.4 Å². The molecule has 1 heterocycles. The molecule has 3 aromatic carbocycles. The zero-order valence-electron chi connectivity index (χ0n) is 16.4. The summed E-state index contributed by atoms with van der Waals surface area (Å²) in [5, 5.41) is 1.23. The van der Waals surface area contributed by atoms with Gasteiger partial charge in [0.15, 0.2) is 0 Å². The lowest BCUT2D eigenvalue weighted by atomic mass is 10.2. The van der Waals surface area contributed by atoms with Crippen molar-refractivity contribution in [3.63, 3.8) is 0 Å². The number of benzene rings is 3. The van der Waals surface area contributed by atoms with Crippen LogP contribution in [-0.4, -0.2) is 25.3 Å². The molecule has 0 saturated carbocycles. The van der Waals surface area contributed by atoms with Crippen molar-refractivity contribution in [2.24, 2.45) is 4.99 Å². The molecule has 1 aromatic heterocycles. The van der Waals surface area contributed by atoms with Gasteiger partial charge in [0.05, 0.1) is 23.4 Å². The van der Waals surface area contributed by atoms with Crippen LogP contribution in [0.25, 0.3) is 10.1 Å². The molecule has 0 N–H and O–H groups in total. The van der Waals surface area contributed by atoms with E-state index in [0.29, 0.717) is 26.9 Å². The van der Waals surface area contributed by atoms with Crippen LogP contribution in [-0.2, 0) is 4.74 Å². The van der Waals surface area contributed by atoms with Gasteiger partial charge < -0.3 is 9.47 Å². The van der Waals surface area contributed by atoms with E-state index in [2.05, 4.69) is 4.99 Å². The molecule has 0 spiro atoms. The second-order valence-electron chi connectivity index (χ2n) is 6.50. The first-order valence-electron chi connectivity index (χ1n) is 9.27. The first kappa shape index (κ1) is 20.8. The average Bonchev–Trinajstić information content (AvgIpc) is 3.14. The second-order valence-corrected chi connectivity index (χ2v) is 7.93. The summed E-state index contributed by atoms with van der Waals surface area (Å²) in [4.78, 5) is 29.1. The third kappa shape index (κ3) is 4.66. The molecule has 0 radical (unpaired) electrons. The molecule has 0 fully saturated rings. The largest absolute Gasteiger partial charge is 0.465 e. The molecule has 0 saturated heterocycles. The van der Waals surface area contributed by atoms with Crippen LogP contribution in [0.15, 0.2) is 77.8 Å². The van der Waals surface area contributed by atoms with Crippen molar-refractivity contribution in [1.82, 2.24) is 0 Å². The highest BCUT2D eigenvalue weighted by molar-refractivity contribution is 7.21. The Morgan fingerprint density at radius 3 is 2.58 bits per heavy atom. The second kappa shape index (κ2) is 9.12. The van der Waals surface area contributed by atoms with Crippen LogP contribution in [0.1, 0.15) is 25.6 Å². The van der Waals surface area contributed by atoms with Gasteiger partial charge >= 0.3 is 11.9 Å². The minimum absolute atomic E-state index is 0.363. The average molecular weight is 450 g/mol. The third-order valence-corrected chi connectivity index (χ3v) is 6.07. The number of esters is 2. The van der Waals surface area contributed by atoms with Crippen molar-refractivity contribution in [2.75, 3.05) is 7.11 Å². The van der Waals surface area contributed by atoms with E-state index in [1.54, 1.807) is 48.7 Å². The lowest BCUT2D eigenvalue weighted by Gasteiger charge is -2.04. The molecule has 0 aliphatic rings. The molecule has 5 nitrogen and oxygen atoms in total. The third-order valence-electron chi connectivity index (χ3n) is 4.42. The van der Waals surface area contributed by atoms with Gasteiger partial charge in [0.2, 0.25) is 0 Å². The maximum atomic E-state index is 12.7. The quantitative estimate of drug-likeness (QED) is 0.203. The molecule has 0 aliphatic carbocycles. The fourth-order valence-corrected chi connectivity index (χ4v) is 4.32. The standard InChI is InChI=1S/C24H16ClNO4S/c1-29-23(27)16-7-5-8-17(13-16)26-14-15-6-4-9-18(12-15)30-24(28)22-21(25)19-10-2-3-11-20(19)31-22/h2-14H,1H3. The maximum Gasteiger partial charge on any atom is 0.355 e. The Morgan fingerprint density at radius 1 is 0.968 bits per heavy atom. The van der Waals surface area contributed by atoms with Crippen molar-refractivity contribution in [2.45, 2.75) is 0 Å². The van der Waals surface area contributed by atoms with Gasteiger partial charge in [0.1, 0.15) is 10.6 Å². The molecule has 0 bridgehead atoms. The zero-order valence-corrected chi connectivity index (χ0v) is 17.9. The number of nitrogens with zero attached hydrogens (tertiary/aromatic N) is 1. The molecule has 7 heteroatoms. The molecule has 0 unspecified atom stereocenters. The predicted molar refractivity (Wildman–Crippen MR) is 123 cm³/mol. The topological polar surface area (TPSA) is 65.0 Å². The number of ether oxygens (including phenoxy) is 2. The summed E-state index contributed by atoms with van der Waals surface area (Å²) in [7, 11) is 1.33. The van der Waals surface area contributed by atoms with Crippen molar-refractivity contribution >= 4 is 56.9 Å². The number of carbonyl (C=O) groups excluding carboxylic acids is 2. The number of thiophene rings is 1. The summed E-state index contributed by atoms with van der Waals surface area (Å²) in [5.41, 5.74) is 1.75. The number of rotatable bonds is 5. The van der Waals surface area contributed by atoms with Crippen LogP contribution < -0.4 is 4.74 Å². The molecule has 0 aliphatic heterocycles. The Kier molecular flexibility index (Phi) is 6.11. The number of aliphatic imine (C=N–C) groups is 1. The van der Waals surface area contributed by atoms with Crippen LogP contribution in [0.3, 0.4) is 0 Å². The Morgan fingerprint density at radius 2 is 1.77 bits per heavy atom. The monoisotopic (exact) mass is 449 g/mol. The number of hydrogen-bond donors (Lipinski definition) is 0. The minimum Gasteiger partial charge on any atom is -0.465 e. The highest BCUT2D eigenvalue weighted by Crippen LogP contribution is 2.35. The van der Waals surface area contributed by atoms with Crippen LogP contribution in [0, 0.1) is 0 Å². The highest BCUT2D eigenvalue weighted by atomic mass is 35.5. The van der Waals surface area contributed by atoms with E-state index in [9.17, 15) is 9.59 Å². The van der Waals surface area contributed by atoms with Crippen molar-refractivity contribution in [1.29, 1.82) is 0 Å². The molecule has 31 heavy (non-hydrogen) atoms. The Bertz CT molecular complexity index is 1310. The smallest absolute Gasteiger partial charge is 0.355 e. The number of hydrogen-bond acceptors (Lipinski definition) is 6. The SMILES string of the molecule is COC(=O)c1cccc(N=Cc2cccc(OC(=O)c3sc4ccccc4c3Cl)c2)c1. The van der Waals surface area contributed by atoms with E-state index in [-0.39, 0.29) is 0 Å². The molecule has 4 aromatic rings. The van der Waals surface area contributed by atoms with E-state index in [4.69, 9.17) is 21.1 Å². The summed E-state index contributed by atoms with van der Waals surface area (Å²) in [6, 6.07) is 21.3. The minimum atomic E-state index is -0.508. The molecule has 0 atom stereocenters. The fraction of sp³-hybridized carbons (Fsp3) is 0.0417. The Hall–Kier alpha value is -3.48. The van der Waals surface area contributed by atoms with Crippen LogP contribution in [0.5, 0.6) is 5.75 Å². The molecule has 4 rings (SSSR count). The van der Waals surface area contributed by atoms with E-state index >= 15 is 0 Å². The van der Waals surface area contributed by atoms with Gasteiger partial charge in [-0.05, 0) is 42.0 Å². The first-order valence-corrected chi connectivity index (χ1v) is 10.5. The predicted octanol–water partition coefficient (Wildman–Crippen LogP) is 6.31. The van der Waals surface area contributed by atoms with E-state index in [0.717, 1.165) is 15.6 Å². The molecule has 154 valence electrons. The Balaban J connectivity index is 1.52. The Labute approximate surface area is 187 Å².